The smallest absolute Gasteiger partial charge is 0.0404 e. The molecule has 0 saturated heterocycles. The molecule has 3 unspecified atom stereocenters. The highest BCUT2D eigenvalue weighted by Gasteiger charge is 2.25. The molecule has 19 heavy (non-hydrogen) atoms. The summed E-state index contributed by atoms with van der Waals surface area (Å²) in [5.74, 6) is 1.78. The molecule has 1 aromatic rings. The zero-order valence-corrected chi connectivity index (χ0v) is 12.4. The molecule has 1 aliphatic carbocycles. The average molecular weight is 260 g/mol. The van der Waals surface area contributed by atoms with Crippen molar-refractivity contribution in [3.05, 3.63) is 30.1 Å². The molecule has 1 N–H and O–H groups in total. The summed E-state index contributed by atoms with van der Waals surface area (Å²) in [5.41, 5.74) is 1.23. The van der Waals surface area contributed by atoms with E-state index in [1.54, 1.807) is 0 Å². The molecule has 2 heteroatoms. The van der Waals surface area contributed by atoms with Crippen LogP contribution in [-0.4, -0.2) is 17.6 Å². The normalized spacial score (nSPS) is 25.2. The van der Waals surface area contributed by atoms with Crippen LogP contribution >= 0.6 is 0 Å². The molecule has 1 heterocycles. The molecule has 0 radical (unpaired) electrons. The third-order valence-electron chi connectivity index (χ3n) is 4.45. The van der Waals surface area contributed by atoms with Crippen molar-refractivity contribution in [3.63, 3.8) is 0 Å². The van der Waals surface area contributed by atoms with E-state index in [2.05, 4.69) is 36.3 Å². The van der Waals surface area contributed by atoms with Gasteiger partial charge >= 0.3 is 0 Å². The van der Waals surface area contributed by atoms with Gasteiger partial charge in [0.15, 0.2) is 0 Å². The predicted molar refractivity (Wildman–Crippen MR) is 81.1 cm³/mol. The third kappa shape index (κ3) is 4.61. The lowest BCUT2D eigenvalue weighted by Crippen LogP contribution is -2.38. The highest BCUT2D eigenvalue weighted by Crippen LogP contribution is 2.32. The molecule has 0 aliphatic heterocycles. The molecule has 1 aromatic heterocycles. The van der Waals surface area contributed by atoms with E-state index < -0.39 is 0 Å². The van der Waals surface area contributed by atoms with Gasteiger partial charge in [0, 0.05) is 17.9 Å². The molecule has 1 saturated carbocycles. The van der Waals surface area contributed by atoms with Crippen molar-refractivity contribution in [3.8, 4) is 0 Å². The Morgan fingerprint density at radius 2 is 2.26 bits per heavy atom. The second kappa shape index (κ2) is 7.64. The van der Waals surface area contributed by atoms with Gasteiger partial charge in [0.1, 0.15) is 0 Å². The van der Waals surface area contributed by atoms with Crippen LogP contribution in [0.1, 0.15) is 51.6 Å². The molecule has 0 bridgehead atoms. The number of nitrogens with one attached hydrogen (secondary N) is 1. The highest BCUT2D eigenvalue weighted by molar-refractivity contribution is 5.04. The fourth-order valence-electron chi connectivity index (χ4n) is 3.46. The number of hydrogen-bond acceptors (Lipinski definition) is 2. The summed E-state index contributed by atoms with van der Waals surface area (Å²) in [6, 6.07) is 6.91. The number of rotatable bonds is 6. The fraction of sp³-hybridized carbons (Fsp3) is 0.706. The fourth-order valence-corrected chi connectivity index (χ4v) is 3.46. The molecule has 2 rings (SSSR count). The summed E-state index contributed by atoms with van der Waals surface area (Å²) in [7, 11) is 0. The van der Waals surface area contributed by atoms with Gasteiger partial charge in [-0.25, -0.2) is 0 Å². The molecule has 106 valence electrons. The monoisotopic (exact) mass is 260 g/mol. The standard InChI is InChI=1S/C17H28N2/c1-3-18-17(15-8-6-7-14(2)13-15)11-10-16-9-4-5-12-19-16/h4-5,9,12,14-15,17-18H,3,6-8,10-11,13H2,1-2H3. The predicted octanol–water partition coefficient (Wildman–Crippen LogP) is 3.82. The zero-order chi connectivity index (χ0) is 13.5. The maximum atomic E-state index is 4.44. The minimum Gasteiger partial charge on any atom is -0.314 e. The van der Waals surface area contributed by atoms with Gasteiger partial charge in [-0.2, -0.15) is 0 Å². The summed E-state index contributed by atoms with van der Waals surface area (Å²) in [4.78, 5) is 4.44. The number of pyridine rings is 1. The van der Waals surface area contributed by atoms with Gasteiger partial charge < -0.3 is 5.32 Å². The molecule has 2 nitrogen and oxygen atoms in total. The Bertz CT molecular complexity index is 350. The van der Waals surface area contributed by atoms with Gasteiger partial charge in [-0.1, -0.05) is 32.8 Å². The second-order valence-electron chi connectivity index (χ2n) is 6.06. The van der Waals surface area contributed by atoms with Crippen LogP contribution in [0.25, 0.3) is 0 Å². The van der Waals surface area contributed by atoms with Crippen LogP contribution in [0.4, 0.5) is 0 Å². The van der Waals surface area contributed by atoms with Crippen molar-refractivity contribution in [1.82, 2.24) is 10.3 Å². The van der Waals surface area contributed by atoms with Crippen molar-refractivity contribution in [2.75, 3.05) is 6.54 Å². The molecular formula is C17H28N2. The maximum Gasteiger partial charge on any atom is 0.0404 e. The molecular weight excluding hydrogens is 232 g/mol. The van der Waals surface area contributed by atoms with Gasteiger partial charge in [-0.15, -0.1) is 0 Å². The third-order valence-corrected chi connectivity index (χ3v) is 4.45. The zero-order valence-electron chi connectivity index (χ0n) is 12.4. The Morgan fingerprint density at radius 3 is 2.95 bits per heavy atom. The van der Waals surface area contributed by atoms with Crippen LogP contribution in [0.5, 0.6) is 0 Å². The Balaban J connectivity index is 1.88. The molecule has 3 atom stereocenters. The van der Waals surface area contributed by atoms with E-state index >= 15 is 0 Å². The summed E-state index contributed by atoms with van der Waals surface area (Å²) in [5, 5.41) is 3.72. The van der Waals surface area contributed by atoms with Crippen molar-refractivity contribution < 1.29 is 0 Å². The molecule has 1 aliphatic rings. The van der Waals surface area contributed by atoms with Gasteiger partial charge in [-0.05, 0) is 56.2 Å². The van der Waals surface area contributed by atoms with E-state index in [9.17, 15) is 0 Å². The van der Waals surface area contributed by atoms with Crippen LogP contribution in [-0.2, 0) is 6.42 Å². The van der Waals surface area contributed by atoms with Crippen LogP contribution in [0, 0.1) is 11.8 Å². The van der Waals surface area contributed by atoms with E-state index in [0.717, 1.165) is 24.8 Å². The van der Waals surface area contributed by atoms with Crippen molar-refractivity contribution in [2.45, 2.75) is 58.4 Å². The first-order chi connectivity index (χ1) is 9.29. The number of aryl methyl sites for hydroxylation is 1. The summed E-state index contributed by atoms with van der Waals surface area (Å²) in [6.07, 6.45) is 9.88. The first-order valence-corrected chi connectivity index (χ1v) is 7.93. The summed E-state index contributed by atoms with van der Waals surface area (Å²) < 4.78 is 0. The first kappa shape index (κ1) is 14.5. The second-order valence-corrected chi connectivity index (χ2v) is 6.06. The SMILES string of the molecule is CCNC(CCc1ccccn1)C1CCCC(C)C1. The maximum absolute atomic E-state index is 4.44. The quantitative estimate of drug-likeness (QED) is 0.841. The number of aromatic nitrogens is 1. The van der Waals surface area contributed by atoms with Gasteiger partial charge in [0.05, 0.1) is 0 Å². The first-order valence-electron chi connectivity index (χ1n) is 7.93. The molecule has 0 spiro atoms. The summed E-state index contributed by atoms with van der Waals surface area (Å²) in [6.45, 7) is 5.71. The van der Waals surface area contributed by atoms with Crippen LogP contribution in [0.15, 0.2) is 24.4 Å². The van der Waals surface area contributed by atoms with E-state index in [4.69, 9.17) is 0 Å². The van der Waals surface area contributed by atoms with E-state index in [1.807, 2.05) is 12.3 Å². The lowest BCUT2D eigenvalue weighted by molar-refractivity contribution is 0.216. The minimum absolute atomic E-state index is 0.676. The average Bonchev–Trinajstić information content (AvgIpc) is 2.44. The van der Waals surface area contributed by atoms with Crippen molar-refractivity contribution in [1.29, 1.82) is 0 Å². The van der Waals surface area contributed by atoms with E-state index in [1.165, 1.54) is 37.8 Å². The van der Waals surface area contributed by atoms with Crippen LogP contribution < -0.4 is 5.32 Å². The Hall–Kier alpha value is -0.890. The Morgan fingerprint density at radius 1 is 1.37 bits per heavy atom. The van der Waals surface area contributed by atoms with Crippen LogP contribution in [0.2, 0.25) is 0 Å². The van der Waals surface area contributed by atoms with Crippen molar-refractivity contribution in [2.24, 2.45) is 11.8 Å². The Labute approximate surface area is 118 Å². The summed E-state index contributed by atoms with van der Waals surface area (Å²) >= 11 is 0. The molecule has 1 fully saturated rings. The lowest BCUT2D eigenvalue weighted by atomic mass is 9.77. The minimum atomic E-state index is 0.676. The lowest BCUT2D eigenvalue weighted by Gasteiger charge is -2.34. The van der Waals surface area contributed by atoms with Crippen LogP contribution in [0.3, 0.4) is 0 Å². The molecule has 0 aromatic carbocycles. The largest absolute Gasteiger partial charge is 0.314 e. The number of nitrogens with zero attached hydrogens (tertiary/aromatic N) is 1. The highest BCUT2D eigenvalue weighted by atomic mass is 14.9. The van der Waals surface area contributed by atoms with E-state index in [0.29, 0.717) is 6.04 Å². The van der Waals surface area contributed by atoms with Gasteiger partial charge in [0.25, 0.3) is 0 Å². The van der Waals surface area contributed by atoms with Gasteiger partial charge in [-0.3, -0.25) is 4.98 Å². The van der Waals surface area contributed by atoms with Crippen molar-refractivity contribution >= 4 is 0 Å². The Kier molecular flexibility index (Phi) is 5.84. The topological polar surface area (TPSA) is 24.9 Å². The van der Waals surface area contributed by atoms with Gasteiger partial charge in [0.2, 0.25) is 0 Å². The molecule has 0 amide bonds. The van der Waals surface area contributed by atoms with E-state index in [-0.39, 0.29) is 0 Å². The number of hydrogen-bond donors (Lipinski definition) is 1.